The Kier molecular flexibility index (Phi) is 9.05. The number of ether oxygens (including phenoxy) is 1. The number of aryl methyl sites for hydroxylation is 1. The van der Waals surface area contributed by atoms with E-state index in [2.05, 4.69) is 37.9 Å². The first kappa shape index (κ1) is 23.3. The van der Waals surface area contributed by atoms with E-state index < -0.39 is 0 Å². The molecule has 0 aliphatic rings. The second-order valence-corrected chi connectivity index (χ2v) is 7.89. The summed E-state index contributed by atoms with van der Waals surface area (Å²) in [7, 11) is 0. The predicted octanol–water partition coefficient (Wildman–Crippen LogP) is 5.41. The number of nitrogens with one attached hydrogen (secondary N) is 1. The van der Waals surface area contributed by atoms with E-state index in [1.165, 1.54) is 0 Å². The van der Waals surface area contributed by atoms with Gasteiger partial charge in [0.15, 0.2) is 5.76 Å². The van der Waals surface area contributed by atoms with Crippen molar-refractivity contribution in [2.24, 2.45) is 0 Å². The van der Waals surface area contributed by atoms with Crippen LogP contribution in [0.15, 0.2) is 28.7 Å². The van der Waals surface area contributed by atoms with Gasteiger partial charge in [-0.25, -0.2) is 0 Å². The van der Waals surface area contributed by atoms with E-state index in [1.807, 2.05) is 19.1 Å². The van der Waals surface area contributed by atoms with Crippen molar-refractivity contribution in [2.45, 2.75) is 53.6 Å². The zero-order chi connectivity index (χ0) is 21.4. The van der Waals surface area contributed by atoms with Crippen molar-refractivity contribution in [2.75, 3.05) is 26.2 Å². The molecule has 2 rings (SSSR count). The van der Waals surface area contributed by atoms with Crippen molar-refractivity contribution in [3.05, 3.63) is 51.9 Å². The van der Waals surface area contributed by atoms with E-state index in [1.54, 1.807) is 12.1 Å². The lowest BCUT2D eigenvalue weighted by Gasteiger charge is -2.17. The van der Waals surface area contributed by atoms with E-state index >= 15 is 0 Å². The summed E-state index contributed by atoms with van der Waals surface area (Å²) in [6.45, 7) is 14.4. The molecule has 2 aromatic rings. The summed E-state index contributed by atoms with van der Waals surface area (Å²) in [6, 6.07) is 7.37. The Hall–Kier alpha value is -1.98. The molecule has 1 N–H and O–H groups in total. The zero-order valence-electron chi connectivity index (χ0n) is 18.2. The highest BCUT2D eigenvalue weighted by atomic mass is 35.5. The number of carbonyl (C=O) groups is 1. The Morgan fingerprint density at radius 3 is 2.62 bits per heavy atom. The Labute approximate surface area is 179 Å². The molecule has 0 fully saturated rings. The molecular weight excluding hydrogens is 388 g/mol. The van der Waals surface area contributed by atoms with Crippen LogP contribution >= 0.6 is 11.6 Å². The van der Waals surface area contributed by atoms with Crippen molar-refractivity contribution in [3.63, 3.8) is 0 Å². The average Bonchev–Trinajstić information content (AvgIpc) is 3.17. The Balaban J connectivity index is 1.89. The van der Waals surface area contributed by atoms with Crippen LogP contribution in [0.5, 0.6) is 5.75 Å². The van der Waals surface area contributed by atoms with Crippen molar-refractivity contribution in [1.29, 1.82) is 0 Å². The van der Waals surface area contributed by atoms with Gasteiger partial charge in [-0.15, -0.1) is 0 Å². The molecule has 1 aromatic heterocycles. The van der Waals surface area contributed by atoms with E-state index in [0.717, 1.165) is 48.0 Å². The fraction of sp³-hybridized carbons (Fsp3) is 0.522. The number of furan rings is 1. The summed E-state index contributed by atoms with van der Waals surface area (Å²) < 4.78 is 11.6. The zero-order valence-corrected chi connectivity index (χ0v) is 18.9. The molecule has 0 spiro atoms. The third-order valence-corrected chi connectivity index (χ3v) is 5.41. The molecule has 5 nitrogen and oxygen atoms in total. The SMILES string of the molecule is CCN(CC)CCCNC(=O)c1ccc(COc2cc(C)c(Cl)cc2C(C)C)o1. The number of carbonyl (C=O) groups excluding carboxylic acids is 1. The standard InChI is InChI=1S/C23H33ClN2O3/c1-6-26(7-2)12-8-11-25-23(27)21-10-9-18(29-21)15-28-22-13-17(5)20(24)14-19(22)16(3)4/h9-10,13-14,16H,6-8,11-12,15H2,1-5H3,(H,25,27). The minimum atomic E-state index is -0.194. The lowest BCUT2D eigenvalue weighted by Crippen LogP contribution is -2.29. The summed E-state index contributed by atoms with van der Waals surface area (Å²) in [6.07, 6.45) is 0.915. The molecular formula is C23H33ClN2O3. The first-order valence-corrected chi connectivity index (χ1v) is 10.8. The van der Waals surface area contributed by atoms with Crippen LogP contribution in [0.25, 0.3) is 0 Å². The number of nitrogens with zero attached hydrogens (tertiary/aromatic N) is 1. The molecule has 160 valence electrons. The van der Waals surface area contributed by atoms with Crippen LogP contribution in [0, 0.1) is 6.92 Å². The van der Waals surface area contributed by atoms with Crippen LogP contribution in [0.2, 0.25) is 5.02 Å². The lowest BCUT2D eigenvalue weighted by atomic mass is 10.0. The Morgan fingerprint density at radius 1 is 1.24 bits per heavy atom. The molecule has 1 amide bonds. The van der Waals surface area contributed by atoms with Gasteiger partial charge >= 0.3 is 0 Å². The molecule has 0 radical (unpaired) electrons. The van der Waals surface area contributed by atoms with Crippen LogP contribution in [-0.4, -0.2) is 37.0 Å². The molecule has 0 saturated heterocycles. The Morgan fingerprint density at radius 2 is 1.97 bits per heavy atom. The molecule has 0 bridgehead atoms. The fourth-order valence-electron chi connectivity index (χ4n) is 3.10. The topological polar surface area (TPSA) is 54.7 Å². The molecule has 0 aliphatic heterocycles. The van der Waals surface area contributed by atoms with Crippen LogP contribution in [0.4, 0.5) is 0 Å². The molecule has 1 aromatic carbocycles. The van der Waals surface area contributed by atoms with Crippen molar-refractivity contribution in [1.82, 2.24) is 10.2 Å². The van der Waals surface area contributed by atoms with Gasteiger partial charge < -0.3 is 19.4 Å². The maximum absolute atomic E-state index is 12.3. The lowest BCUT2D eigenvalue weighted by molar-refractivity contribution is 0.0920. The fourth-order valence-corrected chi connectivity index (χ4v) is 3.28. The largest absolute Gasteiger partial charge is 0.485 e. The van der Waals surface area contributed by atoms with Gasteiger partial charge in [-0.2, -0.15) is 0 Å². The summed E-state index contributed by atoms with van der Waals surface area (Å²) in [5.41, 5.74) is 2.02. The van der Waals surface area contributed by atoms with Crippen LogP contribution in [-0.2, 0) is 6.61 Å². The Bertz CT molecular complexity index is 797. The third-order valence-electron chi connectivity index (χ3n) is 5.00. The normalized spacial score (nSPS) is 11.3. The molecule has 0 atom stereocenters. The summed E-state index contributed by atoms with van der Waals surface area (Å²) in [5, 5.41) is 3.65. The smallest absolute Gasteiger partial charge is 0.286 e. The summed E-state index contributed by atoms with van der Waals surface area (Å²) in [5.74, 6) is 1.81. The minimum Gasteiger partial charge on any atom is -0.485 e. The van der Waals surface area contributed by atoms with E-state index in [9.17, 15) is 4.79 Å². The average molecular weight is 421 g/mol. The van der Waals surface area contributed by atoms with Gasteiger partial charge in [-0.1, -0.05) is 39.3 Å². The van der Waals surface area contributed by atoms with Gasteiger partial charge in [0.05, 0.1) is 0 Å². The molecule has 0 unspecified atom stereocenters. The van der Waals surface area contributed by atoms with E-state index in [-0.39, 0.29) is 18.4 Å². The van der Waals surface area contributed by atoms with Crippen molar-refractivity contribution >= 4 is 17.5 Å². The third kappa shape index (κ3) is 6.79. The number of hydrogen-bond acceptors (Lipinski definition) is 4. The highest BCUT2D eigenvalue weighted by molar-refractivity contribution is 6.31. The van der Waals surface area contributed by atoms with Gasteiger partial charge in [0.1, 0.15) is 18.1 Å². The highest BCUT2D eigenvalue weighted by Gasteiger charge is 2.14. The van der Waals surface area contributed by atoms with E-state index in [0.29, 0.717) is 18.1 Å². The quantitative estimate of drug-likeness (QED) is 0.494. The molecule has 29 heavy (non-hydrogen) atoms. The van der Waals surface area contributed by atoms with Crippen LogP contribution in [0.3, 0.4) is 0 Å². The van der Waals surface area contributed by atoms with E-state index in [4.69, 9.17) is 20.8 Å². The molecule has 6 heteroatoms. The van der Waals surface area contributed by atoms with Gasteiger partial charge in [0, 0.05) is 11.6 Å². The number of hydrogen-bond donors (Lipinski definition) is 1. The number of rotatable bonds is 11. The van der Waals surface area contributed by atoms with Gasteiger partial charge in [0.2, 0.25) is 0 Å². The van der Waals surface area contributed by atoms with Crippen molar-refractivity contribution < 1.29 is 13.9 Å². The summed E-state index contributed by atoms with van der Waals surface area (Å²) >= 11 is 6.25. The van der Waals surface area contributed by atoms with Crippen LogP contribution < -0.4 is 10.1 Å². The van der Waals surface area contributed by atoms with Gasteiger partial charge in [-0.05, 0) is 74.3 Å². The summed E-state index contributed by atoms with van der Waals surface area (Å²) in [4.78, 5) is 14.6. The van der Waals surface area contributed by atoms with Gasteiger partial charge in [0.25, 0.3) is 5.91 Å². The predicted molar refractivity (Wildman–Crippen MR) is 118 cm³/mol. The molecule has 1 heterocycles. The van der Waals surface area contributed by atoms with Crippen LogP contribution in [0.1, 0.15) is 67.5 Å². The maximum Gasteiger partial charge on any atom is 0.286 e. The van der Waals surface area contributed by atoms with Crippen molar-refractivity contribution in [3.8, 4) is 5.75 Å². The first-order chi connectivity index (χ1) is 13.8. The maximum atomic E-state index is 12.3. The highest BCUT2D eigenvalue weighted by Crippen LogP contribution is 2.32. The second-order valence-electron chi connectivity index (χ2n) is 7.48. The minimum absolute atomic E-state index is 0.194. The van der Waals surface area contributed by atoms with Gasteiger partial charge in [-0.3, -0.25) is 4.79 Å². The molecule has 0 aliphatic carbocycles. The number of amides is 1. The molecule has 0 saturated carbocycles. The number of benzene rings is 1. The first-order valence-electron chi connectivity index (χ1n) is 10.4. The second kappa shape index (κ2) is 11.3. The number of halogens is 1. The monoisotopic (exact) mass is 420 g/mol.